The van der Waals surface area contributed by atoms with Crippen molar-refractivity contribution in [3.8, 4) is 11.5 Å². The lowest BCUT2D eigenvalue weighted by molar-refractivity contribution is -0.135. The first-order chi connectivity index (χ1) is 16.9. The standard InChI is InChI=1S/C27H24ClNO6/c1-33-24-16-18(13-15-25(30)34-2)12-14-23(24)35-26(31)17-22(19-8-4-3-5-9-19)29-27(32)20-10-6-7-11-21(20)28/h3-16,22H,17H2,1-2H3,(H,29,32)/b15-13+. The molecule has 0 aliphatic carbocycles. The highest BCUT2D eigenvalue weighted by atomic mass is 35.5. The summed E-state index contributed by atoms with van der Waals surface area (Å²) >= 11 is 6.16. The Hall–Kier alpha value is -4.10. The lowest BCUT2D eigenvalue weighted by Gasteiger charge is -2.19. The number of benzene rings is 3. The Bertz CT molecular complexity index is 1230. The van der Waals surface area contributed by atoms with Crippen LogP contribution in [0, 0.1) is 0 Å². The Kier molecular flexibility index (Phi) is 9.03. The van der Waals surface area contributed by atoms with Crippen molar-refractivity contribution in [3.63, 3.8) is 0 Å². The number of nitrogens with one attached hydrogen (secondary N) is 1. The summed E-state index contributed by atoms with van der Waals surface area (Å²) in [7, 11) is 2.73. The summed E-state index contributed by atoms with van der Waals surface area (Å²) in [5.41, 5.74) is 1.70. The minimum absolute atomic E-state index is 0.132. The van der Waals surface area contributed by atoms with Crippen molar-refractivity contribution in [2.45, 2.75) is 12.5 Å². The van der Waals surface area contributed by atoms with Crippen LogP contribution >= 0.6 is 11.6 Å². The molecular formula is C27H24ClNO6. The first kappa shape index (κ1) is 25.5. The summed E-state index contributed by atoms with van der Waals surface area (Å²) in [6.07, 6.45) is 2.69. The van der Waals surface area contributed by atoms with Crippen molar-refractivity contribution in [1.82, 2.24) is 5.32 Å². The third-order valence-electron chi connectivity index (χ3n) is 5.02. The molecule has 8 heteroatoms. The van der Waals surface area contributed by atoms with E-state index < -0.39 is 23.9 Å². The molecule has 3 aromatic carbocycles. The molecule has 180 valence electrons. The highest BCUT2D eigenvalue weighted by Gasteiger charge is 2.22. The van der Waals surface area contributed by atoms with E-state index in [0.717, 1.165) is 5.56 Å². The summed E-state index contributed by atoms with van der Waals surface area (Å²) in [5, 5.41) is 3.18. The van der Waals surface area contributed by atoms with Crippen LogP contribution in [0.5, 0.6) is 11.5 Å². The second kappa shape index (κ2) is 12.4. The van der Waals surface area contributed by atoms with Gasteiger partial charge in [-0.05, 0) is 41.5 Å². The molecule has 3 rings (SSSR count). The second-order valence-corrected chi connectivity index (χ2v) is 7.77. The van der Waals surface area contributed by atoms with Crippen molar-refractivity contribution >= 4 is 35.5 Å². The Morgan fingerprint density at radius 2 is 1.66 bits per heavy atom. The number of carbonyl (C=O) groups excluding carboxylic acids is 3. The van der Waals surface area contributed by atoms with E-state index >= 15 is 0 Å². The molecule has 0 bridgehead atoms. The second-order valence-electron chi connectivity index (χ2n) is 7.36. The number of hydrogen-bond acceptors (Lipinski definition) is 6. The van der Waals surface area contributed by atoms with Crippen LogP contribution in [-0.4, -0.2) is 32.1 Å². The summed E-state index contributed by atoms with van der Waals surface area (Å²) in [6.45, 7) is 0. The Balaban J connectivity index is 1.76. The van der Waals surface area contributed by atoms with Crippen LogP contribution < -0.4 is 14.8 Å². The van der Waals surface area contributed by atoms with Gasteiger partial charge in [-0.2, -0.15) is 0 Å². The molecular weight excluding hydrogens is 470 g/mol. The van der Waals surface area contributed by atoms with E-state index in [-0.39, 0.29) is 12.2 Å². The maximum absolute atomic E-state index is 12.9. The molecule has 0 heterocycles. The molecule has 0 aliphatic rings. The molecule has 35 heavy (non-hydrogen) atoms. The van der Waals surface area contributed by atoms with Crippen LogP contribution in [0.2, 0.25) is 5.02 Å². The van der Waals surface area contributed by atoms with Gasteiger partial charge in [0.1, 0.15) is 0 Å². The Morgan fingerprint density at radius 1 is 0.943 bits per heavy atom. The van der Waals surface area contributed by atoms with Gasteiger partial charge in [-0.3, -0.25) is 9.59 Å². The fraction of sp³-hybridized carbons (Fsp3) is 0.148. The third-order valence-corrected chi connectivity index (χ3v) is 5.35. The minimum Gasteiger partial charge on any atom is -0.493 e. The quantitative estimate of drug-likeness (QED) is 0.256. The zero-order chi connectivity index (χ0) is 25.2. The number of ether oxygens (including phenoxy) is 3. The van der Waals surface area contributed by atoms with Gasteiger partial charge in [-0.25, -0.2) is 4.79 Å². The Labute approximate surface area is 208 Å². The van der Waals surface area contributed by atoms with Crippen molar-refractivity contribution in [2.24, 2.45) is 0 Å². The molecule has 1 N–H and O–H groups in total. The van der Waals surface area contributed by atoms with Gasteiger partial charge >= 0.3 is 11.9 Å². The van der Waals surface area contributed by atoms with Crippen molar-refractivity contribution in [3.05, 3.63) is 101 Å². The Morgan fingerprint density at radius 3 is 2.34 bits per heavy atom. The highest BCUT2D eigenvalue weighted by Crippen LogP contribution is 2.30. The summed E-state index contributed by atoms with van der Waals surface area (Å²) < 4.78 is 15.5. The van der Waals surface area contributed by atoms with Crippen LogP contribution in [0.15, 0.2) is 78.9 Å². The average Bonchev–Trinajstić information content (AvgIpc) is 2.88. The number of methoxy groups -OCH3 is 2. The molecule has 3 aromatic rings. The van der Waals surface area contributed by atoms with E-state index in [0.29, 0.717) is 21.9 Å². The fourth-order valence-corrected chi connectivity index (χ4v) is 3.48. The predicted octanol–water partition coefficient (Wildman–Crippen LogP) is 5.00. The molecule has 0 aliphatic heterocycles. The molecule has 0 spiro atoms. The number of hydrogen-bond donors (Lipinski definition) is 1. The van der Waals surface area contributed by atoms with Crippen LogP contribution in [0.1, 0.15) is 33.9 Å². The fourth-order valence-electron chi connectivity index (χ4n) is 3.25. The molecule has 0 aromatic heterocycles. The lowest BCUT2D eigenvalue weighted by atomic mass is 10.0. The third kappa shape index (κ3) is 7.19. The largest absolute Gasteiger partial charge is 0.493 e. The van der Waals surface area contributed by atoms with Gasteiger partial charge in [0.25, 0.3) is 5.91 Å². The van der Waals surface area contributed by atoms with E-state index in [1.807, 2.05) is 30.3 Å². The van der Waals surface area contributed by atoms with Crippen LogP contribution in [0.4, 0.5) is 0 Å². The number of esters is 2. The topological polar surface area (TPSA) is 90.9 Å². The summed E-state index contributed by atoms with van der Waals surface area (Å²) in [6, 6.07) is 20.0. The van der Waals surface area contributed by atoms with Crippen LogP contribution in [0.25, 0.3) is 6.08 Å². The van der Waals surface area contributed by atoms with E-state index in [1.54, 1.807) is 48.5 Å². The van der Waals surface area contributed by atoms with Gasteiger partial charge in [0.05, 0.1) is 37.3 Å². The molecule has 7 nitrogen and oxygen atoms in total. The van der Waals surface area contributed by atoms with Gasteiger partial charge in [-0.1, -0.05) is 60.1 Å². The maximum Gasteiger partial charge on any atom is 0.330 e. The maximum atomic E-state index is 12.9. The van der Waals surface area contributed by atoms with Gasteiger partial charge in [0.15, 0.2) is 11.5 Å². The summed E-state index contributed by atoms with van der Waals surface area (Å²) in [4.78, 5) is 37.0. The number of amides is 1. The zero-order valence-corrected chi connectivity index (χ0v) is 20.0. The van der Waals surface area contributed by atoms with E-state index in [9.17, 15) is 14.4 Å². The average molecular weight is 494 g/mol. The normalized spacial score (nSPS) is 11.5. The van der Waals surface area contributed by atoms with E-state index in [1.165, 1.54) is 20.3 Å². The van der Waals surface area contributed by atoms with Crippen molar-refractivity contribution in [1.29, 1.82) is 0 Å². The number of halogens is 1. The van der Waals surface area contributed by atoms with Crippen LogP contribution in [-0.2, 0) is 14.3 Å². The molecule has 1 atom stereocenters. The first-order valence-electron chi connectivity index (χ1n) is 10.7. The van der Waals surface area contributed by atoms with E-state index in [2.05, 4.69) is 10.1 Å². The van der Waals surface area contributed by atoms with E-state index in [4.69, 9.17) is 21.1 Å². The predicted molar refractivity (Wildman–Crippen MR) is 132 cm³/mol. The lowest BCUT2D eigenvalue weighted by Crippen LogP contribution is -2.31. The van der Waals surface area contributed by atoms with Crippen molar-refractivity contribution in [2.75, 3.05) is 14.2 Å². The molecule has 0 saturated carbocycles. The van der Waals surface area contributed by atoms with Gasteiger partial charge in [-0.15, -0.1) is 0 Å². The molecule has 1 amide bonds. The first-order valence-corrected chi connectivity index (χ1v) is 11.0. The van der Waals surface area contributed by atoms with Crippen LogP contribution in [0.3, 0.4) is 0 Å². The minimum atomic E-state index is -0.652. The number of carbonyl (C=O) groups is 3. The van der Waals surface area contributed by atoms with Gasteiger partial charge in [0.2, 0.25) is 0 Å². The molecule has 0 saturated heterocycles. The monoisotopic (exact) mass is 493 g/mol. The number of rotatable bonds is 9. The summed E-state index contributed by atoms with van der Waals surface area (Å²) in [5.74, 6) is -0.963. The molecule has 0 radical (unpaired) electrons. The smallest absolute Gasteiger partial charge is 0.330 e. The van der Waals surface area contributed by atoms with Crippen molar-refractivity contribution < 1.29 is 28.6 Å². The van der Waals surface area contributed by atoms with Gasteiger partial charge < -0.3 is 19.5 Å². The molecule has 0 fully saturated rings. The molecule has 1 unspecified atom stereocenters. The zero-order valence-electron chi connectivity index (χ0n) is 19.2. The highest BCUT2D eigenvalue weighted by molar-refractivity contribution is 6.33. The SMILES string of the molecule is COC(=O)/C=C/c1ccc(OC(=O)CC(NC(=O)c2ccccc2Cl)c2ccccc2)c(OC)c1. The van der Waals surface area contributed by atoms with Gasteiger partial charge in [0, 0.05) is 6.08 Å².